The van der Waals surface area contributed by atoms with Crippen LogP contribution in [0.5, 0.6) is 0 Å². The molecule has 0 amide bonds. The van der Waals surface area contributed by atoms with E-state index < -0.39 is 0 Å². The number of hydrogen-bond acceptors (Lipinski definition) is 5. The molecule has 0 radical (unpaired) electrons. The molecule has 88 valence electrons. The van der Waals surface area contributed by atoms with Crippen LogP contribution in [0, 0.1) is 0 Å². The van der Waals surface area contributed by atoms with E-state index in [1.54, 1.807) is 14.0 Å². The van der Waals surface area contributed by atoms with Crippen molar-refractivity contribution in [3.8, 4) is 0 Å². The summed E-state index contributed by atoms with van der Waals surface area (Å²) < 4.78 is 4.95. The molecule has 0 spiro atoms. The van der Waals surface area contributed by atoms with Crippen molar-refractivity contribution < 1.29 is 9.53 Å². The molecule has 5 nitrogen and oxygen atoms in total. The van der Waals surface area contributed by atoms with Gasteiger partial charge in [0.2, 0.25) is 5.95 Å². The summed E-state index contributed by atoms with van der Waals surface area (Å²) in [6.45, 7) is 6.08. The molecule has 0 unspecified atom stereocenters. The Morgan fingerprint density at radius 2 is 2.25 bits per heavy atom. The predicted molar refractivity (Wildman–Crippen MR) is 61.6 cm³/mol. The first kappa shape index (κ1) is 12.4. The minimum absolute atomic E-state index is 0.148. The SMILES string of the molecule is CCOC(=O)c1cnc(NC)nc1C(C)C. The quantitative estimate of drug-likeness (QED) is 0.789. The Morgan fingerprint density at radius 1 is 1.56 bits per heavy atom. The highest BCUT2D eigenvalue weighted by Crippen LogP contribution is 2.18. The lowest BCUT2D eigenvalue weighted by molar-refractivity contribution is 0.0523. The van der Waals surface area contributed by atoms with Gasteiger partial charge in [-0.05, 0) is 12.8 Å². The number of anilines is 1. The maximum atomic E-state index is 11.6. The first-order valence-electron chi connectivity index (χ1n) is 5.32. The molecule has 0 aromatic carbocycles. The van der Waals surface area contributed by atoms with Gasteiger partial charge in [0.05, 0.1) is 17.9 Å². The van der Waals surface area contributed by atoms with Gasteiger partial charge in [-0.2, -0.15) is 0 Å². The Kier molecular flexibility index (Phi) is 4.22. The van der Waals surface area contributed by atoms with Crippen molar-refractivity contribution in [2.75, 3.05) is 19.0 Å². The van der Waals surface area contributed by atoms with Crippen LogP contribution < -0.4 is 5.32 Å². The molecule has 0 aliphatic heterocycles. The summed E-state index contributed by atoms with van der Waals surface area (Å²) in [5.41, 5.74) is 1.15. The summed E-state index contributed by atoms with van der Waals surface area (Å²) in [6.07, 6.45) is 1.51. The van der Waals surface area contributed by atoms with Crippen LogP contribution in [-0.2, 0) is 4.74 Å². The van der Waals surface area contributed by atoms with Crippen molar-refractivity contribution >= 4 is 11.9 Å². The third-order valence-electron chi connectivity index (χ3n) is 2.08. The lowest BCUT2D eigenvalue weighted by Crippen LogP contribution is -2.13. The second-order valence-corrected chi connectivity index (χ2v) is 3.62. The topological polar surface area (TPSA) is 64.1 Å². The molecule has 0 aliphatic rings. The number of ether oxygens (including phenoxy) is 1. The Morgan fingerprint density at radius 3 is 2.75 bits per heavy atom. The van der Waals surface area contributed by atoms with Crippen LogP contribution in [0.4, 0.5) is 5.95 Å². The van der Waals surface area contributed by atoms with Crippen molar-refractivity contribution in [3.63, 3.8) is 0 Å². The monoisotopic (exact) mass is 223 g/mol. The van der Waals surface area contributed by atoms with E-state index in [1.165, 1.54) is 6.20 Å². The number of hydrogen-bond donors (Lipinski definition) is 1. The molecule has 1 aromatic heterocycles. The van der Waals surface area contributed by atoms with E-state index in [-0.39, 0.29) is 11.9 Å². The third-order valence-corrected chi connectivity index (χ3v) is 2.08. The van der Waals surface area contributed by atoms with Crippen molar-refractivity contribution in [2.45, 2.75) is 26.7 Å². The van der Waals surface area contributed by atoms with Gasteiger partial charge in [0.1, 0.15) is 0 Å². The highest BCUT2D eigenvalue weighted by molar-refractivity contribution is 5.90. The maximum Gasteiger partial charge on any atom is 0.341 e. The largest absolute Gasteiger partial charge is 0.462 e. The minimum atomic E-state index is -0.367. The molecule has 0 atom stereocenters. The van der Waals surface area contributed by atoms with Crippen molar-refractivity contribution in [1.29, 1.82) is 0 Å². The van der Waals surface area contributed by atoms with Gasteiger partial charge in [0.25, 0.3) is 0 Å². The van der Waals surface area contributed by atoms with Crippen LogP contribution in [0.1, 0.15) is 42.7 Å². The second kappa shape index (κ2) is 5.44. The lowest BCUT2D eigenvalue weighted by atomic mass is 10.1. The van der Waals surface area contributed by atoms with Gasteiger partial charge < -0.3 is 10.1 Å². The van der Waals surface area contributed by atoms with Crippen LogP contribution in [0.15, 0.2) is 6.20 Å². The number of carbonyl (C=O) groups excluding carboxylic acids is 1. The fraction of sp³-hybridized carbons (Fsp3) is 0.545. The molecule has 5 heteroatoms. The van der Waals surface area contributed by atoms with Gasteiger partial charge in [-0.1, -0.05) is 13.8 Å². The average molecular weight is 223 g/mol. The van der Waals surface area contributed by atoms with Crippen molar-refractivity contribution in [3.05, 3.63) is 17.5 Å². The predicted octanol–water partition coefficient (Wildman–Crippen LogP) is 1.82. The Balaban J connectivity index is 3.12. The van der Waals surface area contributed by atoms with Gasteiger partial charge in [-0.15, -0.1) is 0 Å². The summed E-state index contributed by atoms with van der Waals surface area (Å²) in [5.74, 6) is 0.292. The molecule has 1 heterocycles. The number of nitrogens with one attached hydrogen (secondary N) is 1. The summed E-state index contributed by atoms with van der Waals surface area (Å²) in [5, 5.41) is 2.85. The maximum absolute atomic E-state index is 11.6. The summed E-state index contributed by atoms with van der Waals surface area (Å²) in [6, 6.07) is 0. The van der Waals surface area contributed by atoms with E-state index in [0.717, 1.165) is 0 Å². The van der Waals surface area contributed by atoms with Gasteiger partial charge in [0.15, 0.2) is 0 Å². The number of rotatable bonds is 4. The molecule has 1 N–H and O–H groups in total. The molecule has 0 saturated carbocycles. The zero-order valence-corrected chi connectivity index (χ0v) is 10.1. The fourth-order valence-electron chi connectivity index (χ4n) is 1.32. The Hall–Kier alpha value is -1.65. The molecular formula is C11H17N3O2. The van der Waals surface area contributed by atoms with Gasteiger partial charge >= 0.3 is 5.97 Å². The standard InChI is InChI=1S/C11H17N3O2/c1-5-16-10(15)8-6-13-11(12-4)14-9(8)7(2)3/h6-7H,5H2,1-4H3,(H,12,13,14). The van der Waals surface area contributed by atoms with Crippen molar-refractivity contribution in [1.82, 2.24) is 9.97 Å². The fourth-order valence-corrected chi connectivity index (χ4v) is 1.32. The number of esters is 1. The van der Waals surface area contributed by atoms with E-state index in [2.05, 4.69) is 15.3 Å². The Bertz CT molecular complexity index is 377. The van der Waals surface area contributed by atoms with Crippen LogP contribution in [-0.4, -0.2) is 29.6 Å². The van der Waals surface area contributed by atoms with Gasteiger partial charge in [-0.3, -0.25) is 0 Å². The third kappa shape index (κ3) is 2.68. The highest BCUT2D eigenvalue weighted by Gasteiger charge is 2.17. The van der Waals surface area contributed by atoms with Crippen LogP contribution >= 0.6 is 0 Å². The lowest BCUT2D eigenvalue weighted by Gasteiger charge is -2.11. The average Bonchev–Trinajstić information content (AvgIpc) is 2.28. The normalized spacial score (nSPS) is 10.3. The van der Waals surface area contributed by atoms with E-state index in [1.807, 2.05) is 13.8 Å². The second-order valence-electron chi connectivity index (χ2n) is 3.62. The molecule has 0 bridgehead atoms. The van der Waals surface area contributed by atoms with E-state index in [4.69, 9.17) is 4.74 Å². The number of carbonyl (C=O) groups is 1. The van der Waals surface area contributed by atoms with Crippen LogP contribution in [0.3, 0.4) is 0 Å². The molecule has 16 heavy (non-hydrogen) atoms. The minimum Gasteiger partial charge on any atom is -0.462 e. The number of aromatic nitrogens is 2. The zero-order valence-electron chi connectivity index (χ0n) is 10.1. The summed E-state index contributed by atoms with van der Waals surface area (Å²) in [7, 11) is 1.74. The molecule has 1 aromatic rings. The summed E-state index contributed by atoms with van der Waals surface area (Å²) in [4.78, 5) is 19.9. The van der Waals surface area contributed by atoms with Gasteiger partial charge in [-0.25, -0.2) is 14.8 Å². The Labute approximate surface area is 95.3 Å². The molecule has 0 fully saturated rings. The van der Waals surface area contributed by atoms with E-state index in [0.29, 0.717) is 23.8 Å². The molecule has 0 saturated heterocycles. The highest BCUT2D eigenvalue weighted by atomic mass is 16.5. The first-order chi connectivity index (χ1) is 7.60. The van der Waals surface area contributed by atoms with E-state index >= 15 is 0 Å². The molecular weight excluding hydrogens is 206 g/mol. The smallest absolute Gasteiger partial charge is 0.341 e. The summed E-state index contributed by atoms with van der Waals surface area (Å²) >= 11 is 0. The van der Waals surface area contributed by atoms with E-state index in [9.17, 15) is 4.79 Å². The molecule has 0 aliphatic carbocycles. The molecule has 1 rings (SSSR count). The van der Waals surface area contributed by atoms with Crippen molar-refractivity contribution in [2.24, 2.45) is 0 Å². The zero-order chi connectivity index (χ0) is 12.1. The first-order valence-corrected chi connectivity index (χ1v) is 5.32. The van der Waals surface area contributed by atoms with Gasteiger partial charge in [0, 0.05) is 13.2 Å². The van der Waals surface area contributed by atoms with Crippen LogP contribution in [0.2, 0.25) is 0 Å². The van der Waals surface area contributed by atoms with Crippen LogP contribution in [0.25, 0.3) is 0 Å². The number of nitrogens with zero attached hydrogens (tertiary/aromatic N) is 2.